The third-order valence-electron chi connectivity index (χ3n) is 8.60. The van der Waals surface area contributed by atoms with Crippen LogP contribution in [0.15, 0.2) is 36.4 Å². The summed E-state index contributed by atoms with van der Waals surface area (Å²) < 4.78 is 28.5. The van der Waals surface area contributed by atoms with Crippen LogP contribution in [0.1, 0.15) is 94.0 Å². The molecule has 0 aromatic heterocycles. The quantitative estimate of drug-likeness (QED) is 0.484. The molecule has 4 rings (SSSR count). The Balaban J connectivity index is 1.52. The zero-order valence-electron chi connectivity index (χ0n) is 24.2. The van der Waals surface area contributed by atoms with Gasteiger partial charge in [-0.05, 0) is 75.6 Å². The van der Waals surface area contributed by atoms with Gasteiger partial charge in [-0.1, -0.05) is 36.8 Å². The summed E-state index contributed by atoms with van der Waals surface area (Å²) in [5.41, 5.74) is 3.83. The lowest BCUT2D eigenvalue weighted by Crippen LogP contribution is -2.44. The molecule has 2 saturated heterocycles. The van der Waals surface area contributed by atoms with Crippen LogP contribution in [0.2, 0.25) is 0 Å². The molecule has 0 radical (unpaired) electrons. The average Bonchev–Trinajstić information content (AvgIpc) is 3.33. The number of carbonyl (C=O) groups is 2. The van der Waals surface area contributed by atoms with Crippen LogP contribution in [-0.2, 0) is 9.59 Å². The summed E-state index contributed by atoms with van der Waals surface area (Å²) >= 11 is 0. The van der Waals surface area contributed by atoms with Gasteiger partial charge in [0.05, 0.1) is 12.0 Å². The monoisotopic (exact) mass is 539 g/mol. The number of halogens is 2. The Morgan fingerprint density at radius 3 is 2.28 bits per heavy atom. The van der Waals surface area contributed by atoms with E-state index in [0.29, 0.717) is 37.7 Å². The lowest BCUT2D eigenvalue weighted by molar-refractivity contribution is -0.136. The summed E-state index contributed by atoms with van der Waals surface area (Å²) in [4.78, 5) is 30.0. The Morgan fingerprint density at radius 2 is 1.69 bits per heavy atom. The van der Waals surface area contributed by atoms with E-state index in [1.54, 1.807) is 6.92 Å². The third-order valence-corrected chi connectivity index (χ3v) is 8.60. The predicted octanol–water partition coefficient (Wildman–Crippen LogP) is 6.08. The van der Waals surface area contributed by atoms with Gasteiger partial charge in [0.15, 0.2) is 0 Å². The first-order valence-corrected chi connectivity index (χ1v) is 14.2. The van der Waals surface area contributed by atoms with Gasteiger partial charge in [-0.25, -0.2) is 8.78 Å². The van der Waals surface area contributed by atoms with Crippen LogP contribution in [0, 0.1) is 24.5 Å². The maximum absolute atomic E-state index is 14.9. The van der Waals surface area contributed by atoms with Gasteiger partial charge in [-0.15, -0.1) is 0 Å². The molecule has 2 heterocycles. The van der Waals surface area contributed by atoms with Gasteiger partial charge in [-0.3, -0.25) is 14.5 Å². The maximum atomic E-state index is 14.9. The molecular formula is C32H43F2N3O2. The van der Waals surface area contributed by atoms with Crippen LogP contribution in [0.5, 0.6) is 0 Å². The molecule has 39 heavy (non-hydrogen) atoms. The van der Waals surface area contributed by atoms with Crippen molar-refractivity contribution in [2.75, 3.05) is 26.2 Å². The Kier molecular flexibility index (Phi) is 8.79. The lowest BCUT2D eigenvalue weighted by atomic mass is 9.82. The number of aryl methyl sites for hydroxylation is 1. The fraction of sp³-hybridized carbons (Fsp3) is 0.562. The molecule has 5 nitrogen and oxygen atoms in total. The van der Waals surface area contributed by atoms with Crippen LogP contribution >= 0.6 is 0 Å². The van der Waals surface area contributed by atoms with E-state index in [-0.39, 0.29) is 35.2 Å². The smallest absolute Gasteiger partial charge is 0.227 e. The van der Waals surface area contributed by atoms with E-state index in [0.717, 1.165) is 30.9 Å². The minimum Gasteiger partial charge on any atom is -0.350 e. The zero-order chi connectivity index (χ0) is 28.5. The summed E-state index contributed by atoms with van der Waals surface area (Å²) in [6.07, 6.45) is 2.48. The molecule has 2 aromatic rings. The van der Waals surface area contributed by atoms with Crippen LogP contribution in [0.4, 0.5) is 8.78 Å². The van der Waals surface area contributed by atoms with Gasteiger partial charge in [0.1, 0.15) is 11.6 Å². The molecule has 0 aliphatic carbocycles. The highest BCUT2D eigenvalue weighted by atomic mass is 19.1. The number of nitrogens with one attached hydrogen (secondary N) is 1. The summed E-state index contributed by atoms with van der Waals surface area (Å²) in [7, 11) is 0. The van der Waals surface area contributed by atoms with Gasteiger partial charge < -0.3 is 10.2 Å². The number of likely N-dealkylation sites (tertiary alicyclic amines) is 2. The van der Waals surface area contributed by atoms with Crippen molar-refractivity contribution in [3.63, 3.8) is 0 Å². The number of hydrogen-bond acceptors (Lipinski definition) is 3. The van der Waals surface area contributed by atoms with E-state index < -0.39 is 11.6 Å². The first kappa shape index (κ1) is 29.2. The fourth-order valence-corrected chi connectivity index (χ4v) is 6.38. The number of carbonyl (C=O) groups excluding carboxylic acids is 2. The van der Waals surface area contributed by atoms with Crippen molar-refractivity contribution >= 4 is 11.8 Å². The van der Waals surface area contributed by atoms with Crippen LogP contribution in [0.25, 0.3) is 0 Å². The van der Waals surface area contributed by atoms with Crippen LogP contribution < -0.4 is 5.32 Å². The van der Waals surface area contributed by atoms with E-state index in [4.69, 9.17) is 0 Å². The maximum Gasteiger partial charge on any atom is 0.227 e. The Morgan fingerprint density at radius 1 is 1.03 bits per heavy atom. The minimum absolute atomic E-state index is 0.0368. The first-order chi connectivity index (χ1) is 18.4. The van der Waals surface area contributed by atoms with Crippen LogP contribution in [0.3, 0.4) is 0 Å². The molecule has 1 unspecified atom stereocenters. The second kappa shape index (κ2) is 11.7. The van der Waals surface area contributed by atoms with Gasteiger partial charge in [0.2, 0.25) is 11.8 Å². The topological polar surface area (TPSA) is 52.7 Å². The number of piperidine rings is 1. The van der Waals surface area contributed by atoms with Crippen LogP contribution in [-0.4, -0.2) is 53.3 Å². The predicted molar refractivity (Wildman–Crippen MR) is 150 cm³/mol. The van der Waals surface area contributed by atoms with E-state index in [1.807, 2.05) is 4.90 Å². The van der Waals surface area contributed by atoms with E-state index in [1.165, 1.54) is 23.3 Å². The molecular weight excluding hydrogens is 496 g/mol. The van der Waals surface area contributed by atoms with Crippen molar-refractivity contribution in [1.82, 2.24) is 15.1 Å². The number of hydrogen-bond donors (Lipinski definition) is 1. The van der Waals surface area contributed by atoms with Gasteiger partial charge in [0, 0.05) is 50.6 Å². The molecule has 2 aliphatic heterocycles. The van der Waals surface area contributed by atoms with Crippen molar-refractivity contribution in [3.8, 4) is 0 Å². The molecule has 1 N–H and O–H groups in total. The highest BCUT2D eigenvalue weighted by Crippen LogP contribution is 2.40. The molecule has 7 heteroatoms. The van der Waals surface area contributed by atoms with E-state index >= 15 is 0 Å². The van der Waals surface area contributed by atoms with Crippen molar-refractivity contribution in [2.24, 2.45) is 5.92 Å². The van der Waals surface area contributed by atoms with Crippen molar-refractivity contribution in [1.29, 1.82) is 0 Å². The Hall–Kier alpha value is -2.80. The fourth-order valence-electron chi connectivity index (χ4n) is 6.38. The SMILES string of the molecule is CC[C@H](NC(C)=O)c1cc(C)ccc1C1CCN(C(=O)C2CN(C(C)(C)C)C[C@H]2c2ccc(F)cc2F)CC1. The molecule has 2 aliphatic rings. The van der Waals surface area contributed by atoms with Crippen molar-refractivity contribution in [3.05, 3.63) is 70.3 Å². The molecule has 0 bridgehead atoms. The lowest BCUT2D eigenvalue weighted by Gasteiger charge is -2.36. The average molecular weight is 540 g/mol. The van der Waals surface area contributed by atoms with Crippen molar-refractivity contribution in [2.45, 2.75) is 84.2 Å². The number of amides is 2. The molecule has 2 fully saturated rings. The molecule has 212 valence electrons. The summed E-state index contributed by atoms with van der Waals surface area (Å²) in [5.74, 6) is -1.56. The van der Waals surface area contributed by atoms with Gasteiger partial charge in [0.25, 0.3) is 0 Å². The normalized spacial score (nSPS) is 21.7. The summed E-state index contributed by atoms with van der Waals surface area (Å²) in [6, 6.07) is 10.2. The molecule has 2 aromatic carbocycles. The number of benzene rings is 2. The molecule has 2 amide bonds. The Labute approximate surface area is 231 Å². The zero-order valence-corrected chi connectivity index (χ0v) is 24.2. The summed E-state index contributed by atoms with van der Waals surface area (Å²) in [5, 5.41) is 3.10. The highest BCUT2D eigenvalue weighted by molar-refractivity contribution is 5.81. The second-order valence-electron chi connectivity index (χ2n) is 12.3. The third kappa shape index (κ3) is 6.51. The number of rotatable bonds is 6. The van der Waals surface area contributed by atoms with Gasteiger partial charge >= 0.3 is 0 Å². The van der Waals surface area contributed by atoms with E-state index in [9.17, 15) is 18.4 Å². The molecule has 0 spiro atoms. The summed E-state index contributed by atoms with van der Waals surface area (Å²) in [6.45, 7) is 14.4. The van der Waals surface area contributed by atoms with Gasteiger partial charge in [-0.2, -0.15) is 0 Å². The highest BCUT2D eigenvalue weighted by Gasteiger charge is 2.44. The largest absolute Gasteiger partial charge is 0.350 e. The Bertz CT molecular complexity index is 1200. The standard InChI is InChI=1S/C32H43F2N3O2/c1-7-30(35-21(3)38)26-16-20(2)8-10-24(26)22-12-14-36(15-13-22)31(39)28-19-37(32(4,5)6)18-27(28)25-11-9-23(33)17-29(25)34/h8-11,16-17,22,27-28,30H,7,12-15,18-19H2,1-6H3,(H,35,38)/t27-,28?,30-/m0/s1. The number of nitrogens with zero attached hydrogens (tertiary/aromatic N) is 2. The first-order valence-electron chi connectivity index (χ1n) is 14.2. The minimum atomic E-state index is -0.605. The second-order valence-corrected chi connectivity index (χ2v) is 12.3. The molecule has 3 atom stereocenters. The van der Waals surface area contributed by atoms with Crippen molar-refractivity contribution < 1.29 is 18.4 Å². The molecule has 0 saturated carbocycles. The van der Waals surface area contributed by atoms with E-state index in [2.05, 4.69) is 63.0 Å².